The maximum absolute atomic E-state index is 14.5. The van der Waals surface area contributed by atoms with E-state index < -0.39 is 127 Å². The van der Waals surface area contributed by atoms with Gasteiger partial charge in [0.1, 0.15) is 48.3 Å². The molecule has 28 nitrogen and oxygen atoms in total. The molecule has 0 aliphatic carbocycles. The molecular weight excluding hydrogens is 997 g/mol. The van der Waals surface area contributed by atoms with E-state index in [1.807, 2.05) is 0 Å². The SMILES string of the molecule is CC(C)[C@H](NC(=O)[C@@H](N)CS)C(=O)N[C@@H](CO)C(=O)N[C@@H](CCCN=C(N)N)C(=O)N[C@@H](Cc1c[nH]c2ccccc12)C(=O)N[C@@H](CCCN=C(N)N)C(=O)N[C@@H](C)C(=O)N[C@@H](CO)C(=O)N[C@@H](CS)C(=O)O. The Balaban J connectivity index is 2.52. The average molecular weight is 1070 g/mol. The molecule has 1 aromatic heterocycles. The summed E-state index contributed by atoms with van der Waals surface area (Å²) in [4.78, 5) is 131. The van der Waals surface area contributed by atoms with Crippen LogP contribution in [-0.2, 0) is 49.6 Å². The second-order valence-electron chi connectivity index (χ2n) is 17.0. The molecule has 0 radical (unpaired) electrons. The Hall–Kier alpha value is -6.89. The first-order chi connectivity index (χ1) is 34.5. The molecule has 406 valence electrons. The standard InChI is InChI=1S/C43H70N16O12S2/c1-20(2)32(59-34(63)24(44)18-72)40(69)57-30(17-61)38(67)54-27(11-7-13-50-43(47)48)36(65)55-28(14-22-15-51-25-9-5-4-8-23(22)25)37(66)53-26(10-6-12-49-42(45)46)35(64)52-21(3)33(62)56-29(16-60)39(68)58-31(19-73)41(70)71/h4-5,8-9,15,20-21,24,26-32,51,60-61,72-73H,6-7,10-14,16-19,44H2,1-3H3,(H,52,64)(H,53,66)(H,54,67)(H,55,65)(H,56,62)(H,57,69)(H,58,68)(H,59,63)(H,70,71)(H4,45,46,49)(H4,47,48,50)/t21-,24-,26-,27-,28-,29-,30-,31-,32-/m0/s1. The summed E-state index contributed by atoms with van der Waals surface area (Å²) in [6.45, 7) is 2.58. The maximum Gasteiger partial charge on any atom is 0.327 e. The van der Waals surface area contributed by atoms with Crippen LogP contribution in [0.2, 0.25) is 0 Å². The highest BCUT2D eigenvalue weighted by molar-refractivity contribution is 7.80. The number of aliphatic hydroxyl groups excluding tert-OH is 2. The lowest BCUT2D eigenvalue weighted by atomic mass is 10.0. The number of benzene rings is 1. The molecule has 0 unspecified atom stereocenters. The van der Waals surface area contributed by atoms with E-state index in [0.29, 0.717) is 16.5 Å². The number of carboxylic acids is 1. The monoisotopic (exact) mass is 1070 g/mol. The van der Waals surface area contributed by atoms with Crippen LogP contribution in [0.25, 0.3) is 10.9 Å². The van der Waals surface area contributed by atoms with Crippen molar-refractivity contribution in [2.45, 2.75) is 107 Å². The van der Waals surface area contributed by atoms with Crippen LogP contribution >= 0.6 is 25.3 Å². The van der Waals surface area contributed by atoms with Gasteiger partial charge in [0.2, 0.25) is 47.3 Å². The number of nitrogens with two attached hydrogens (primary N) is 5. The van der Waals surface area contributed by atoms with Crippen LogP contribution < -0.4 is 71.2 Å². The van der Waals surface area contributed by atoms with E-state index in [9.17, 15) is 58.5 Å². The Labute approximate surface area is 431 Å². The molecule has 0 spiro atoms. The second kappa shape index (κ2) is 31.5. The molecule has 73 heavy (non-hydrogen) atoms. The number of nitrogens with one attached hydrogen (secondary N) is 9. The molecule has 0 fully saturated rings. The van der Waals surface area contributed by atoms with Gasteiger partial charge in [-0.1, -0.05) is 32.0 Å². The van der Waals surface area contributed by atoms with Crippen LogP contribution in [0.4, 0.5) is 0 Å². The van der Waals surface area contributed by atoms with Crippen LogP contribution in [0.5, 0.6) is 0 Å². The summed E-state index contributed by atoms with van der Waals surface area (Å²) in [7, 11) is 0. The number of aromatic amines is 1. The van der Waals surface area contributed by atoms with Crippen molar-refractivity contribution < 1.29 is 58.5 Å². The van der Waals surface area contributed by atoms with E-state index in [1.54, 1.807) is 44.3 Å². The van der Waals surface area contributed by atoms with Crippen molar-refractivity contribution in [3.05, 3.63) is 36.0 Å². The van der Waals surface area contributed by atoms with Crippen LogP contribution in [-0.4, -0.2) is 178 Å². The van der Waals surface area contributed by atoms with Gasteiger partial charge in [0, 0.05) is 48.1 Å². The molecule has 30 heteroatoms. The molecule has 22 N–H and O–H groups in total. The fourth-order valence-corrected chi connectivity index (χ4v) is 7.17. The minimum absolute atomic E-state index is 0.00203. The number of thiol groups is 2. The van der Waals surface area contributed by atoms with Crippen molar-refractivity contribution in [3.63, 3.8) is 0 Å². The number of aliphatic carboxylic acids is 1. The minimum Gasteiger partial charge on any atom is -0.480 e. The number of aromatic nitrogens is 1. The Morgan fingerprint density at radius 1 is 0.589 bits per heavy atom. The molecule has 0 aliphatic heterocycles. The van der Waals surface area contributed by atoms with Crippen LogP contribution in [0, 0.1) is 5.92 Å². The predicted molar refractivity (Wildman–Crippen MR) is 275 cm³/mol. The molecule has 0 aliphatic rings. The highest BCUT2D eigenvalue weighted by Gasteiger charge is 2.35. The van der Waals surface area contributed by atoms with Crippen molar-refractivity contribution in [1.82, 2.24) is 47.5 Å². The number of nitrogens with zero attached hydrogens (tertiary/aromatic N) is 2. The summed E-state index contributed by atoms with van der Waals surface area (Å²) in [5.74, 6) is -10.1. The van der Waals surface area contributed by atoms with Gasteiger partial charge in [0.15, 0.2) is 11.9 Å². The summed E-state index contributed by atoms with van der Waals surface area (Å²) < 4.78 is 0. The molecule has 2 aromatic rings. The van der Waals surface area contributed by atoms with Crippen LogP contribution in [0.1, 0.15) is 52.0 Å². The van der Waals surface area contributed by atoms with Gasteiger partial charge in [-0.15, -0.1) is 0 Å². The lowest BCUT2D eigenvalue weighted by Crippen LogP contribution is -2.61. The summed E-state index contributed by atoms with van der Waals surface area (Å²) in [5, 5.41) is 49.5. The van der Waals surface area contributed by atoms with Crippen molar-refractivity contribution in [3.8, 4) is 0 Å². The molecule has 0 saturated heterocycles. The quantitative estimate of drug-likeness (QED) is 0.0140. The number of carbonyl (C=O) groups excluding carboxylic acids is 8. The Morgan fingerprint density at radius 2 is 1.04 bits per heavy atom. The smallest absolute Gasteiger partial charge is 0.327 e. The van der Waals surface area contributed by atoms with Crippen LogP contribution in [0.15, 0.2) is 40.4 Å². The fourth-order valence-electron chi connectivity index (χ4n) is 6.75. The first kappa shape index (κ1) is 62.2. The Kier molecular flexibility index (Phi) is 26.9. The summed E-state index contributed by atoms with van der Waals surface area (Å²) in [6.07, 6.45) is 1.30. The summed E-state index contributed by atoms with van der Waals surface area (Å²) >= 11 is 7.88. The minimum atomic E-state index is -1.65. The van der Waals surface area contributed by atoms with Gasteiger partial charge in [0.05, 0.1) is 19.3 Å². The van der Waals surface area contributed by atoms with E-state index in [4.69, 9.17) is 28.7 Å². The van der Waals surface area contributed by atoms with E-state index >= 15 is 0 Å². The maximum atomic E-state index is 14.5. The molecule has 1 aromatic carbocycles. The topological polar surface area (TPSA) is 481 Å². The van der Waals surface area contributed by atoms with Crippen molar-refractivity contribution >= 4 is 101 Å². The van der Waals surface area contributed by atoms with E-state index in [-0.39, 0.29) is 68.6 Å². The normalized spacial score (nSPS) is 14.8. The summed E-state index contributed by atoms with van der Waals surface area (Å²) in [6, 6.07) is -5.76. The number of carboxylic acid groups (broad SMARTS) is 1. The molecule has 2 rings (SSSR count). The summed E-state index contributed by atoms with van der Waals surface area (Å²) in [5.41, 5.74) is 28.9. The van der Waals surface area contributed by atoms with E-state index in [1.165, 1.54) is 6.92 Å². The first-order valence-electron chi connectivity index (χ1n) is 23.0. The van der Waals surface area contributed by atoms with Gasteiger partial charge >= 0.3 is 5.97 Å². The third-order valence-corrected chi connectivity index (χ3v) is 11.6. The molecule has 8 amide bonds. The van der Waals surface area contributed by atoms with Crippen molar-refractivity contribution in [2.24, 2.45) is 44.6 Å². The number of para-hydroxylation sites is 1. The molecular formula is C43H70N16O12S2. The zero-order valence-corrected chi connectivity index (χ0v) is 42.4. The zero-order valence-electron chi connectivity index (χ0n) is 40.6. The van der Waals surface area contributed by atoms with Gasteiger partial charge in [-0.3, -0.25) is 48.3 Å². The number of fused-ring (bicyclic) bond motifs is 1. The molecule has 9 atom stereocenters. The van der Waals surface area contributed by atoms with Gasteiger partial charge in [0.25, 0.3) is 0 Å². The number of carbonyl (C=O) groups is 9. The second-order valence-corrected chi connectivity index (χ2v) is 17.7. The Morgan fingerprint density at radius 3 is 1.52 bits per heavy atom. The van der Waals surface area contributed by atoms with Crippen molar-refractivity contribution in [2.75, 3.05) is 37.8 Å². The number of hydrogen-bond donors (Lipinski definition) is 19. The van der Waals surface area contributed by atoms with Gasteiger partial charge in [-0.2, -0.15) is 25.3 Å². The number of aliphatic hydroxyl groups is 2. The van der Waals surface area contributed by atoms with E-state index in [0.717, 1.165) is 0 Å². The third-order valence-electron chi connectivity index (χ3n) is 10.8. The largest absolute Gasteiger partial charge is 0.480 e. The van der Waals surface area contributed by atoms with Crippen molar-refractivity contribution in [1.29, 1.82) is 0 Å². The lowest BCUT2D eigenvalue weighted by molar-refractivity contribution is -0.142. The number of amides is 8. The van der Waals surface area contributed by atoms with Crippen LogP contribution in [0.3, 0.4) is 0 Å². The molecule has 0 saturated carbocycles. The van der Waals surface area contributed by atoms with E-state index in [2.05, 4.69) is 82.8 Å². The third kappa shape index (κ3) is 21.0. The van der Waals surface area contributed by atoms with Gasteiger partial charge < -0.3 is 91.5 Å². The fraction of sp³-hybridized carbons (Fsp3) is 0.558. The molecule has 0 bridgehead atoms. The number of H-pyrrole nitrogens is 1. The number of hydrogen-bond acceptors (Lipinski definition) is 16. The Bertz CT molecular complexity index is 2280. The predicted octanol–water partition coefficient (Wildman–Crippen LogP) is -6.37. The zero-order chi connectivity index (χ0) is 54.9. The number of aliphatic imine (C=N–C) groups is 2. The number of rotatable bonds is 32. The number of guanidine groups is 2. The highest BCUT2D eigenvalue weighted by Crippen LogP contribution is 2.20. The lowest BCUT2D eigenvalue weighted by Gasteiger charge is -2.28. The average Bonchev–Trinajstić information content (AvgIpc) is 3.75. The van der Waals surface area contributed by atoms with Gasteiger partial charge in [-0.05, 0) is 50.2 Å². The first-order valence-corrected chi connectivity index (χ1v) is 24.2. The highest BCUT2D eigenvalue weighted by atomic mass is 32.1. The van der Waals surface area contributed by atoms with Gasteiger partial charge in [-0.25, -0.2) is 4.79 Å². The molecule has 1 heterocycles.